The van der Waals surface area contributed by atoms with Crippen molar-refractivity contribution in [3.63, 3.8) is 0 Å². The molecule has 7 heteroatoms. The van der Waals surface area contributed by atoms with E-state index in [1.165, 1.54) is 12.1 Å². The number of nitrogens with zero attached hydrogens (tertiary/aromatic N) is 1. The van der Waals surface area contributed by atoms with Crippen LogP contribution in [0.15, 0.2) is 36.4 Å². The summed E-state index contributed by atoms with van der Waals surface area (Å²) in [6.07, 6.45) is 0. The highest BCUT2D eigenvalue weighted by Crippen LogP contribution is 2.32. The smallest absolute Gasteiger partial charge is 0.295 e. The molecule has 0 amide bonds. The molecule has 2 rings (SSSR count). The normalized spacial score (nSPS) is 10.3. The van der Waals surface area contributed by atoms with Crippen molar-refractivity contribution < 1.29 is 13.7 Å². The molecular weight excluding hydrogens is 278 g/mol. The van der Waals surface area contributed by atoms with Gasteiger partial charge >= 0.3 is 0 Å². The standard InChI is InChI=1S/C12H7ClF2N2O2/c13-7-2-1-3-8(6-7)16-12-10(17(18)19)5-4-9(14)11(12)15/h1-6,16H. The molecule has 0 fully saturated rings. The Balaban J connectivity index is 2.49. The monoisotopic (exact) mass is 284 g/mol. The molecule has 0 aromatic heterocycles. The molecule has 0 spiro atoms. The van der Waals surface area contributed by atoms with Crippen molar-refractivity contribution in [2.75, 3.05) is 5.32 Å². The molecule has 0 bridgehead atoms. The maximum Gasteiger partial charge on any atom is 0.295 e. The predicted molar refractivity (Wildman–Crippen MR) is 67.7 cm³/mol. The minimum Gasteiger partial charge on any atom is -0.347 e. The molecule has 1 N–H and O–H groups in total. The molecule has 0 aliphatic heterocycles. The molecule has 98 valence electrons. The third kappa shape index (κ3) is 2.79. The molecule has 0 saturated heterocycles. The van der Waals surface area contributed by atoms with E-state index in [1.54, 1.807) is 12.1 Å². The van der Waals surface area contributed by atoms with Gasteiger partial charge in [-0.15, -0.1) is 0 Å². The molecule has 4 nitrogen and oxygen atoms in total. The summed E-state index contributed by atoms with van der Waals surface area (Å²) in [5.74, 6) is -2.48. The molecule has 0 unspecified atom stereocenters. The summed E-state index contributed by atoms with van der Waals surface area (Å²) in [5.41, 5.74) is -0.772. The molecule has 0 heterocycles. The fourth-order valence-corrected chi connectivity index (χ4v) is 1.71. The fourth-order valence-electron chi connectivity index (χ4n) is 1.52. The molecule has 19 heavy (non-hydrogen) atoms. The summed E-state index contributed by atoms with van der Waals surface area (Å²) in [4.78, 5) is 10.00. The first-order chi connectivity index (χ1) is 8.99. The number of hydrogen-bond acceptors (Lipinski definition) is 3. The second-order valence-electron chi connectivity index (χ2n) is 3.65. The van der Waals surface area contributed by atoms with E-state index >= 15 is 0 Å². The molecular formula is C12H7ClF2N2O2. The van der Waals surface area contributed by atoms with Crippen LogP contribution in [0.25, 0.3) is 0 Å². The van der Waals surface area contributed by atoms with Crippen LogP contribution in [-0.4, -0.2) is 4.92 Å². The Morgan fingerprint density at radius 1 is 1.21 bits per heavy atom. The molecule has 2 aromatic rings. The largest absolute Gasteiger partial charge is 0.347 e. The van der Waals surface area contributed by atoms with Gasteiger partial charge in [-0.05, 0) is 24.3 Å². The average molecular weight is 285 g/mol. The Hall–Kier alpha value is -2.21. The van der Waals surface area contributed by atoms with Crippen LogP contribution in [0, 0.1) is 21.7 Å². The predicted octanol–water partition coefficient (Wildman–Crippen LogP) is 4.27. The summed E-state index contributed by atoms with van der Waals surface area (Å²) in [6.45, 7) is 0. The van der Waals surface area contributed by atoms with Crippen LogP contribution < -0.4 is 5.32 Å². The number of rotatable bonds is 3. The Morgan fingerprint density at radius 2 is 1.95 bits per heavy atom. The lowest BCUT2D eigenvalue weighted by atomic mass is 10.2. The van der Waals surface area contributed by atoms with E-state index in [4.69, 9.17) is 11.6 Å². The summed E-state index contributed by atoms with van der Waals surface area (Å²) in [5, 5.41) is 13.6. The molecule has 0 atom stereocenters. The molecule has 2 aromatic carbocycles. The first kappa shape index (κ1) is 13.2. The van der Waals surface area contributed by atoms with Gasteiger partial charge in [0, 0.05) is 16.8 Å². The highest BCUT2D eigenvalue weighted by atomic mass is 35.5. The summed E-state index contributed by atoms with van der Waals surface area (Å²) in [7, 11) is 0. The van der Waals surface area contributed by atoms with Crippen molar-refractivity contribution >= 4 is 28.7 Å². The van der Waals surface area contributed by atoms with E-state index < -0.39 is 27.9 Å². The Labute approximate surface area is 111 Å². The second-order valence-corrected chi connectivity index (χ2v) is 4.08. The van der Waals surface area contributed by atoms with Crippen molar-refractivity contribution in [3.05, 3.63) is 63.2 Å². The van der Waals surface area contributed by atoms with Gasteiger partial charge in [0.15, 0.2) is 17.3 Å². The van der Waals surface area contributed by atoms with Crippen LogP contribution in [0.5, 0.6) is 0 Å². The van der Waals surface area contributed by atoms with Crippen molar-refractivity contribution in [3.8, 4) is 0 Å². The lowest BCUT2D eigenvalue weighted by molar-refractivity contribution is -0.384. The second kappa shape index (κ2) is 5.19. The SMILES string of the molecule is O=[N+]([O-])c1ccc(F)c(F)c1Nc1cccc(Cl)c1. The highest BCUT2D eigenvalue weighted by molar-refractivity contribution is 6.30. The molecule has 0 aliphatic carbocycles. The first-order valence-electron chi connectivity index (χ1n) is 5.14. The number of hydrogen-bond donors (Lipinski definition) is 1. The van der Waals surface area contributed by atoms with Crippen LogP contribution in [0.4, 0.5) is 25.8 Å². The lowest BCUT2D eigenvalue weighted by Gasteiger charge is -2.08. The molecule has 0 aliphatic rings. The van der Waals surface area contributed by atoms with Crippen LogP contribution in [0.3, 0.4) is 0 Å². The van der Waals surface area contributed by atoms with Gasteiger partial charge in [0.05, 0.1) is 4.92 Å². The number of anilines is 2. The number of nitro benzene ring substituents is 1. The van der Waals surface area contributed by atoms with Crippen molar-refractivity contribution in [1.29, 1.82) is 0 Å². The Kier molecular flexibility index (Phi) is 3.62. The zero-order valence-corrected chi connectivity index (χ0v) is 10.1. The fraction of sp³-hybridized carbons (Fsp3) is 0. The number of halogens is 3. The molecule has 0 saturated carbocycles. The minimum absolute atomic E-state index is 0.320. The number of nitrogens with one attached hydrogen (secondary N) is 1. The van der Waals surface area contributed by atoms with Crippen LogP contribution >= 0.6 is 11.6 Å². The number of benzene rings is 2. The van der Waals surface area contributed by atoms with Gasteiger partial charge in [0.2, 0.25) is 0 Å². The van der Waals surface area contributed by atoms with Gasteiger partial charge in [-0.2, -0.15) is 0 Å². The average Bonchev–Trinajstić information content (AvgIpc) is 2.35. The van der Waals surface area contributed by atoms with Crippen molar-refractivity contribution in [2.45, 2.75) is 0 Å². The van der Waals surface area contributed by atoms with Gasteiger partial charge < -0.3 is 5.32 Å². The van der Waals surface area contributed by atoms with Crippen LogP contribution in [-0.2, 0) is 0 Å². The van der Waals surface area contributed by atoms with Crippen molar-refractivity contribution in [2.24, 2.45) is 0 Å². The van der Waals surface area contributed by atoms with Crippen LogP contribution in [0.1, 0.15) is 0 Å². The first-order valence-corrected chi connectivity index (χ1v) is 5.52. The Morgan fingerprint density at radius 3 is 2.58 bits per heavy atom. The topological polar surface area (TPSA) is 55.2 Å². The number of nitro groups is 1. The van der Waals surface area contributed by atoms with E-state index in [2.05, 4.69) is 5.32 Å². The van der Waals surface area contributed by atoms with E-state index in [0.717, 1.165) is 6.07 Å². The minimum atomic E-state index is -1.31. The van der Waals surface area contributed by atoms with E-state index in [-0.39, 0.29) is 0 Å². The lowest BCUT2D eigenvalue weighted by Crippen LogP contribution is -2.01. The summed E-state index contributed by atoms with van der Waals surface area (Å²) >= 11 is 5.74. The Bertz CT molecular complexity index is 650. The summed E-state index contributed by atoms with van der Waals surface area (Å²) in [6, 6.07) is 7.73. The van der Waals surface area contributed by atoms with Crippen LogP contribution in [0.2, 0.25) is 5.02 Å². The van der Waals surface area contributed by atoms with Gasteiger partial charge in [0.1, 0.15) is 0 Å². The zero-order valence-electron chi connectivity index (χ0n) is 9.36. The van der Waals surface area contributed by atoms with Gasteiger partial charge in [0.25, 0.3) is 5.69 Å². The third-order valence-electron chi connectivity index (χ3n) is 2.36. The third-order valence-corrected chi connectivity index (χ3v) is 2.60. The molecule has 0 radical (unpaired) electrons. The van der Waals surface area contributed by atoms with Gasteiger partial charge in [-0.3, -0.25) is 10.1 Å². The van der Waals surface area contributed by atoms with E-state index in [1.807, 2.05) is 0 Å². The maximum absolute atomic E-state index is 13.6. The van der Waals surface area contributed by atoms with Gasteiger partial charge in [-0.25, -0.2) is 8.78 Å². The van der Waals surface area contributed by atoms with E-state index in [9.17, 15) is 18.9 Å². The van der Waals surface area contributed by atoms with Gasteiger partial charge in [-0.1, -0.05) is 17.7 Å². The highest BCUT2D eigenvalue weighted by Gasteiger charge is 2.21. The quantitative estimate of drug-likeness (QED) is 0.676. The van der Waals surface area contributed by atoms with E-state index in [0.29, 0.717) is 16.8 Å². The van der Waals surface area contributed by atoms with Crippen molar-refractivity contribution in [1.82, 2.24) is 0 Å². The maximum atomic E-state index is 13.6. The zero-order chi connectivity index (χ0) is 14.0. The summed E-state index contributed by atoms with van der Waals surface area (Å²) < 4.78 is 26.8.